The van der Waals surface area contributed by atoms with E-state index in [2.05, 4.69) is 86.9 Å². The highest BCUT2D eigenvalue weighted by Crippen LogP contribution is 2.31. The van der Waals surface area contributed by atoms with Crippen LogP contribution in [0.4, 0.5) is 0 Å². The van der Waals surface area contributed by atoms with Crippen molar-refractivity contribution in [1.29, 1.82) is 0 Å². The van der Waals surface area contributed by atoms with Gasteiger partial charge >= 0.3 is 0 Å². The Morgan fingerprint density at radius 2 is 1.81 bits per heavy atom. The predicted octanol–water partition coefficient (Wildman–Crippen LogP) is 6.28. The molecule has 2 heteroatoms. The molecule has 1 atom stereocenters. The maximum absolute atomic E-state index is 6.10. The van der Waals surface area contributed by atoms with Gasteiger partial charge in [0, 0.05) is 18.0 Å². The van der Waals surface area contributed by atoms with Crippen LogP contribution in [0.5, 0.6) is 0 Å². The maximum atomic E-state index is 6.10. The first-order chi connectivity index (χ1) is 13.0. The minimum atomic E-state index is -0.0443. The van der Waals surface area contributed by atoms with E-state index in [1.807, 2.05) is 12.3 Å². The zero-order valence-corrected chi connectivity index (χ0v) is 16.4. The zero-order valence-electron chi connectivity index (χ0n) is 16.4. The minimum Gasteiger partial charge on any atom is -0.370 e. The fraction of sp³-hybridized carbons (Fsp3) is 0.240. The summed E-state index contributed by atoms with van der Waals surface area (Å²) >= 11 is 0. The Morgan fingerprint density at radius 1 is 1.04 bits per heavy atom. The molecule has 0 amide bonds. The highest BCUT2D eigenvalue weighted by molar-refractivity contribution is 5.89. The van der Waals surface area contributed by atoms with Crippen molar-refractivity contribution in [3.05, 3.63) is 96.8 Å². The Kier molecular flexibility index (Phi) is 5.88. The van der Waals surface area contributed by atoms with Crippen LogP contribution in [-0.4, -0.2) is 17.7 Å². The van der Waals surface area contributed by atoms with Gasteiger partial charge in [-0.2, -0.15) is 0 Å². The Labute approximate surface area is 162 Å². The first kappa shape index (κ1) is 19.1. The second-order valence-corrected chi connectivity index (χ2v) is 7.79. The van der Waals surface area contributed by atoms with Crippen molar-refractivity contribution < 1.29 is 4.74 Å². The van der Waals surface area contributed by atoms with E-state index >= 15 is 0 Å². The van der Waals surface area contributed by atoms with Gasteiger partial charge in [0.1, 0.15) is 0 Å². The lowest BCUT2D eigenvalue weighted by molar-refractivity contribution is 0.0319. The maximum Gasteiger partial charge on any atom is 0.0817 e. The third-order valence-electron chi connectivity index (χ3n) is 4.60. The lowest BCUT2D eigenvalue weighted by Crippen LogP contribution is -2.28. The molecule has 3 aromatic rings. The van der Waals surface area contributed by atoms with Gasteiger partial charge in [0.25, 0.3) is 0 Å². The van der Waals surface area contributed by atoms with Gasteiger partial charge in [-0.1, -0.05) is 69.3 Å². The minimum absolute atomic E-state index is 0.0344. The molecule has 0 aliphatic heterocycles. The van der Waals surface area contributed by atoms with E-state index in [1.165, 1.54) is 10.8 Å². The van der Waals surface area contributed by atoms with Gasteiger partial charge in [0.2, 0.25) is 0 Å². The molecular formula is C25H27NO. The van der Waals surface area contributed by atoms with Gasteiger partial charge in [-0.25, -0.2) is 0 Å². The van der Waals surface area contributed by atoms with Gasteiger partial charge in [-0.15, -0.1) is 6.58 Å². The van der Waals surface area contributed by atoms with Crippen LogP contribution in [0, 0.1) is 5.41 Å². The average Bonchev–Trinajstić information content (AvgIpc) is 2.67. The molecule has 0 saturated heterocycles. The lowest BCUT2D eigenvalue weighted by atomic mass is 9.85. The van der Waals surface area contributed by atoms with Crippen LogP contribution < -0.4 is 0 Å². The van der Waals surface area contributed by atoms with E-state index in [9.17, 15) is 0 Å². The largest absolute Gasteiger partial charge is 0.370 e. The monoisotopic (exact) mass is 357 g/mol. The highest BCUT2D eigenvalue weighted by Gasteiger charge is 2.24. The van der Waals surface area contributed by atoms with Gasteiger partial charge in [-0.3, -0.25) is 4.98 Å². The average molecular weight is 357 g/mol. The Morgan fingerprint density at radius 3 is 2.48 bits per heavy atom. The van der Waals surface area contributed by atoms with Gasteiger partial charge < -0.3 is 4.74 Å². The standard InChI is InChI=1S/C25H27NO/c1-5-15-27-24(25(2,3)4)17-23(22-11-8-14-26-18-22)21-13-12-19-9-6-7-10-20(19)16-21/h5-14,16-18,24H,1,15H2,2-4H3. The fourth-order valence-electron chi connectivity index (χ4n) is 3.11. The molecule has 2 nitrogen and oxygen atoms in total. The van der Waals surface area contributed by atoms with Crippen LogP contribution in [0.2, 0.25) is 0 Å². The quantitative estimate of drug-likeness (QED) is 0.484. The number of ether oxygens (including phenoxy) is 1. The molecule has 2 aromatic carbocycles. The summed E-state index contributed by atoms with van der Waals surface area (Å²) < 4.78 is 6.10. The second-order valence-electron chi connectivity index (χ2n) is 7.79. The molecule has 0 fully saturated rings. The molecule has 0 N–H and O–H groups in total. The highest BCUT2D eigenvalue weighted by atomic mass is 16.5. The molecule has 1 aromatic heterocycles. The number of hydrogen-bond donors (Lipinski definition) is 0. The topological polar surface area (TPSA) is 22.1 Å². The molecule has 0 radical (unpaired) electrons. The van der Waals surface area contributed by atoms with Crippen LogP contribution >= 0.6 is 0 Å². The Hall–Kier alpha value is -2.71. The van der Waals surface area contributed by atoms with E-state index in [0.29, 0.717) is 6.61 Å². The smallest absolute Gasteiger partial charge is 0.0817 e. The zero-order chi connectivity index (χ0) is 19.3. The molecule has 0 spiro atoms. The van der Waals surface area contributed by atoms with Crippen molar-refractivity contribution in [2.75, 3.05) is 6.61 Å². The predicted molar refractivity (Wildman–Crippen MR) is 115 cm³/mol. The van der Waals surface area contributed by atoms with E-state index in [1.54, 1.807) is 12.3 Å². The van der Waals surface area contributed by atoms with E-state index in [4.69, 9.17) is 4.74 Å². The van der Waals surface area contributed by atoms with E-state index in [-0.39, 0.29) is 11.5 Å². The van der Waals surface area contributed by atoms with Crippen molar-refractivity contribution >= 4 is 16.3 Å². The van der Waals surface area contributed by atoms with E-state index < -0.39 is 0 Å². The lowest BCUT2D eigenvalue weighted by Gasteiger charge is -2.29. The second kappa shape index (κ2) is 8.32. The van der Waals surface area contributed by atoms with E-state index in [0.717, 1.165) is 16.7 Å². The molecule has 1 heterocycles. The van der Waals surface area contributed by atoms with Gasteiger partial charge in [-0.05, 0) is 45.5 Å². The molecule has 0 aliphatic carbocycles. The van der Waals surface area contributed by atoms with Crippen molar-refractivity contribution in [1.82, 2.24) is 4.98 Å². The summed E-state index contributed by atoms with van der Waals surface area (Å²) in [5.74, 6) is 0. The summed E-state index contributed by atoms with van der Waals surface area (Å²) in [7, 11) is 0. The van der Waals surface area contributed by atoms with Gasteiger partial charge in [0.05, 0.1) is 12.7 Å². The molecular weight excluding hydrogens is 330 g/mol. The number of aromatic nitrogens is 1. The number of nitrogens with zero attached hydrogens (tertiary/aromatic N) is 1. The molecule has 0 aliphatic rings. The molecule has 1 unspecified atom stereocenters. The van der Waals surface area contributed by atoms with Crippen LogP contribution in [0.25, 0.3) is 16.3 Å². The summed E-state index contributed by atoms with van der Waals surface area (Å²) in [4.78, 5) is 4.33. The fourth-order valence-corrected chi connectivity index (χ4v) is 3.11. The Bertz CT molecular complexity index is 935. The third kappa shape index (κ3) is 4.72. The van der Waals surface area contributed by atoms with Crippen molar-refractivity contribution in [2.45, 2.75) is 26.9 Å². The van der Waals surface area contributed by atoms with Crippen LogP contribution in [0.15, 0.2) is 85.7 Å². The third-order valence-corrected chi connectivity index (χ3v) is 4.60. The van der Waals surface area contributed by atoms with Crippen molar-refractivity contribution in [3.63, 3.8) is 0 Å². The molecule has 27 heavy (non-hydrogen) atoms. The SMILES string of the molecule is C=CCOC(C=C(c1cccnc1)c1ccc2ccccc2c1)C(C)(C)C. The number of pyridine rings is 1. The summed E-state index contributed by atoms with van der Waals surface area (Å²) in [6, 6.07) is 19.1. The molecule has 0 saturated carbocycles. The number of rotatable bonds is 6. The summed E-state index contributed by atoms with van der Waals surface area (Å²) in [5, 5.41) is 2.46. The van der Waals surface area contributed by atoms with Crippen LogP contribution in [-0.2, 0) is 4.74 Å². The molecule has 0 bridgehead atoms. The van der Waals surface area contributed by atoms with Crippen molar-refractivity contribution in [2.24, 2.45) is 5.41 Å². The first-order valence-corrected chi connectivity index (χ1v) is 9.33. The number of fused-ring (bicyclic) bond motifs is 1. The van der Waals surface area contributed by atoms with Crippen molar-refractivity contribution in [3.8, 4) is 0 Å². The van der Waals surface area contributed by atoms with Crippen LogP contribution in [0.3, 0.4) is 0 Å². The summed E-state index contributed by atoms with van der Waals surface area (Å²) in [6.45, 7) is 10.9. The molecule has 138 valence electrons. The Balaban J connectivity index is 2.13. The number of hydrogen-bond acceptors (Lipinski definition) is 2. The van der Waals surface area contributed by atoms with Gasteiger partial charge in [0.15, 0.2) is 0 Å². The van der Waals surface area contributed by atoms with Crippen LogP contribution in [0.1, 0.15) is 31.9 Å². The molecule has 3 rings (SSSR count). The first-order valence-electron chi connectivity index (χ1n) is 9.33. The summed E-state index contributed by atoms with van der Waals surface area (Å²) in [6.07, 6.45) is 7.69. The normalized spacial score (nSPS) is 13.5. The summed E-state index contributed by atoms with van der Waals surface area (Å²) in [5.41, 5.74) is 3.35. The number of benzene rings is 2.